The molecule has 5 rings (SSSR count). The highest BCUT2D eigenvalue weighted by molar-refractivity contribution is 6.16. The van der Waals surface area contributed by atoms with Gasteiger partial charge in [-0.05, 0) is 62.7 Å². The van der Waals surface area contributed by atoms with Gasteiger partial charge in [-0.2, -0.15) is 0 Å². The van der Waals surface area contributed by atoms with Crippen molar-refractivity contribution in [2.24, 2.45) is 0 Å². The smallest absolute Gasteiger partial charge is 0.329 e. The maximum atomic E-state index is 12.9. The fourth-order valence-corrected chi connectivity index (χ4v) is 4.21. The minimum Gasteiger partial charge on any atom is -0.454 e. The molecule has 0 unspecified atom stereocenters. The van der Waals surface area contributed by atoms with Gasteiger partial charge in [-0.15, -0.1) is 0 Å². The summed E-state index contributed by atoms with van der Waals surface area (Å²) in [6.45, 7) is 5.64. The number of amides is 4. The number of aryl methyl sites for hydroxylation is 2. The van der Waals surface area contributed by atoms with Crippen LogP contribution >= 0.6 is 0 Å². The second kappa shape index (κ2) is 8.68. The summed E-state index contributed by atoms with van der Waals surface area (Å²) in [6, 6.07) is 14.2. The Morgan fingerprint density at radius 2 is 1.77 bits per heavy atom. The molecule has 2 aliphatic heterocycles. The van der Waals surface area contributed by atoms with Crippen molar-refractivity contribution in [1.29, 1.82) is 0 Å². The van der Waals surface area contributed by atoms with Gasteiger partial charge in [0.05, 0.1) is 0 Å². The molecule has 2 N–H and O–H groups in total. The normalized spacial score (nSPS) is 15.6. The van der Waals surface area contributed by atoms with Gasteiger partial charge in [0, 0.05) is 28.8 Å². The lowest BCUT2D eigenvalue weighted by Gasteiger charge is -2.12. The number of nitrogens with zero attached hydrogens (tertiary/aromatic N) is 2. The third kappa shape index (κ3) is 4.23. The molecule has 0 bridgehead atoms. The molecule has 1 aromatic heterocycles. The zero-order valence-electron chi connectivity index (χ0n) is 19.5. The van der Waals surface area contributed by atoms with E-state index in [0.29, 0.717) is 17.2 Å². The van der Waals surface area contributed by atoms with Gasteiger partial charge in [0.1, 0.15) is 12.2 Å². The predicted octanol–water partition coefficient (Wildman–Crippen LogP) is 3.66. The van der Waals surface area contributed by atoms with Crippen molar-refractivity contribution >= 4 is 29.6 Å². The van der Waals surface area contributed by atoms with E-state index in [0.717, 1.165) is 33.1 Å². The number of carbonyl (C=O) groups is 3. The SMILES string of the molecule is Cc1ccc(NC(=O)CN2C(=O)NC(=Cc3cc(C)n(-c4ccc5c(c4)OCO5)c3C)C2=O)cc1. The molecule has 0 atom stereocenters. The fourth-order valence-electron chi connectivity index (χ4n) is 4.21. The van der Waals surface area contributed by atoms with Crippen LogP contribution in [0.5, 0.6) is 11.5 Å². The van der Waals surface area contributed by atoms with Crippen LogP contribution in [-0.2, 0) is 9.59 Å². The average molecular weight is 473 g/mol. The first kappa shape index (κ1) is 22.3. The number of fused-ring (bicyclic) bond motifs is 1. The molecule has 35 heavy (non-hydrogen) atoms. The largest absolute Gasteiger partial charge is 0.454 e. The molecule has 178 valence electrons. The van der Waals surface area contributed by atoms with Crippen molar-refractivity contribution in [3.63, 3.8) is 0 Å². The van der Waals surface area contributed by atoms with Gasteiger partial charge in [0.2, 0.25) is 12.7 Å². The van der Waals surface area contributed by atoms with E-state index in [1.165, 1.54) is 0 Å². The lowest BCUT2D eigenvalue weighted by molar-refractivity contribution is -0.127. The molecular formula is C26H24N4O5. The number of hydrogen-bond donors (Lipinski definition) is 2. The van der Waals surface area contributed by atoms with Crippen LogP contribution in [0.4, 0.5) is 10.5 Å². The summed E-state index contributed by atoms with van der Waals surface area (Å²) in [6.07, 6.45) is 1.63. The van der Waals surface area contributed by atoms with E-state index < -0.39 is 17.8 Å². The first-order valence-electron chi connectivity index (χ1n) is 11.1. The number of ether oxygens (including phenoxy) is 2. The van der Waals surface area contributed by atoms with Crippen molar-refractivity contribution in [2.45, 2.75) is 20.8 Å². The van der Waals surface area contributed by atoms with Crippen LogP contribution in [0.1, 0.15) is 22.5 Å². The van der Waals surface area contributed by atoms with Crippen LogP contribution in [-0.4, -0.2) is 40.7 Å². The number of nitrogens with one attached hydrogen (secondary N) is 2. The molecule has 9 heteroatoms. The molecule has 3 aromatic rings. The minimum absolute atomic E-state index is 0.115. The monoisotopic (exact) mass is 472 g/mol. The third-order valence-electron chi connectivity index (χ3n) is 5.98. The zero-order chi connectivity index (χ0) is 24.7. The number of benzene rings is 2. The first-order chi connectivity index (χ1) is 16.8. The predicted molar refractivity (Wildman–Crippen MR) is 129 cm³/mol. The minimum atomic E-state index is -0.634. The highest BCUT2D eigenvalue weighted by Gasteiger charge is 2.35. The standard InChI is InChI=1S/C26H24N4O5/c1-15-4-6-19(7-5-15)27-24(31)13-29-25(32)21(28-26(29)33)11-18-10-16(2)30(17(18)3)20-8-9-22-23(12-20)35-14-34-22/h4-12H,13-14H2,1-3H3,(H,27,31)(H,28,33). The summed E-state index contributed by atoms with van der Waals surface area (Å²) in [5.41, 5.74) is 5.26. The van der Waals surface area contributed by atoms with Crippen LogP contribution in [0, 0.1) is 20.8 Å². The van der Waals surface area contributed by atoms with E-state index in [1.807, 2.05) is 61.7 Å². The van der Waals surface area contributed by atoms with Gasteiger partial charge in [-0.25, -0.2) is 9.69 Å². The van der Waals surface area contributed by atoms with Crippen molar-refractivity contribution in [1.82, 2.24) is 14.8 Å². The van der Waals surface area contributed by atoms with Gasteiger partial charge in [0.25, 0.3) is 5.91 Å². The highest BCUT2D eigenvalue weighted by Crippen LogP contribution is 2.35. The molecule has 0 saturated carbocycles. The van der Waals surface area contributed by atoms with Crippen molar-refractivity contribution in [3.8, 4) is 17.2 Å². The number of carbonyl (C=O) groups excluding carboxylic acids is 3. The third-order valence-corrected chi connectivity index (χ3v) is 5.98. The number of urea groups is 1. The lowest BCUT2D eigenvalue weighted by Crippen LogP contribution is -2.38. The van der Waals surface area contributed by atoms with Gasteiger partial charge >= 0.3 is 6.03 Å². The number of aromatic nitrogens is 1. The number of anilines is 1. The molecule has 1 saturated heterocycles. The quantitative estimate of drug-likeness (QED) is 0.436. The topological polar surface area (TPSA) is 102 Å². The Bertz CT molecular complexity index is 1390. The molecule has 4 amide bonds. The van der Waals surface area contributed by atoms with Crippen LogP contribution in [0.25, 0.3) is 11.8 Å². The molecule has 0 spiro atoms. The van der Waals surface area contributed by atoms with E-state index in [-0.39, 0.29) is 19.0 Å². The van der Waals surface area contributed by atoms with Gasteiger partial charge in [-0.1, -0.05) is 17.7 Å². The molecule has 0 aliphatic carbocycles. The number of hydrogen-bond acceptors (Lipinski definition) is 5. The summed E-state index contributed by atoms with van der Waals surface area (Å²) in [4.78, 5) is 38.7. The Hall–Kier alpha value is -4.53. The maximum Gasteiger partial charge on any atom is 0.329 e. The number of rotatable bonds is 5. The summed E-state index contributed by atoms with van der Waals surface area (Å²) in [5, 5.41) is 5.28. The van der Waals surface area contributed by atoms with Crippen LogP contribution in [0.15, 0.2) is 54.2 Å². The first-order valence-corrected chi connectivity index (χ1v) is 11.1. The van der Waals surface area contributed by atoms with Crippen LogP contribution in [0.3, 0.4) is 0 Å². The van der Waals surface area contributed by atoms with Crippen molar-refractivity contribution in [3.05, 3.63) is 76.7 Å². The summed E-state index contributed by atoms with van der Waals surface area (Å²) in [7, 11) is 0. The van der Waals surface area contributed by atoms with E-state index in [1.54, 1.807) is 18.2 Å². The number of imide groups is 1. The van der Waals surface area contributed by atoms with Crippen LogP contribution in [0.2, 0.25) is 0 Å². The average Bonchev–Trinajstić information content (AvgIpc) is 3.48. The Morgan fingerprint density at radius 3 is 2.54 bits per heavy atom. The molecular weight excluding hydrogens is 448 g/mol. The Kier molecular flexibility index (Phi) is 5.52. The molecule has 2 aliphatic rings. The molecule has 2 aromatic carbocycles. The second-order valence-electron chi connectivity index (χ2n) is 8.49. The van der Waals surface area contributed by atoms with Gasteiger partial charge in [0.15, 0.2) is 11.5 Å². The van der Waals surface area contributed by atoms with Crippen LogP contribution < -0.4 is 20.1 Å². The van der Waals surface area contributed by atoms with Crippen molar-refractivity contribution < 1.29 is 23.9 Å². The Balaban J connectivity index is 1.34. The molecule has 1 fully saturated rings. The van der Waals surface area contributed by atoms with Gasteiger partial charge < -0.3 is 24.7 Å². The van der Waals surface area contributed by atoms with Crippen molar-refractivity contribution in [2.75, 3.05) is 18.7 Å². The second-order valence-corrected chi connectivity index (χ2v) is 8.49. The Morgan fingerprint density at radius 1 is 1.03 bits per heavy atom. The fraction of sp³-hybridized carbons (Fsp3) is 0.192. The van der Waals surface area contributed by atoms with E-state index in [9.17, 15) is 14.4 Å². The van der Waals surface area contributed by atoms with Gasteiger partial charge in [-0.3, -0.25) is 9.59 Å². The summed E-state index contributed by atoms with van der Waals surface area (Å²) >= 11 is 0. The van der Waals surface area contributed by atoms with E-state index in [2.05, 4.69) is 10.6 Å². The lowest BCUT2D eigenvalue weighted by atomic mass is 10.2. The molecule has 9 nitrogen and oxygen atoms in total. The van der Waals surface area contributed by atoms with E-state index >= 15 is 0 Å². The molecule has 0 radical (unpaired) electrons. The maximum absolute atomic E-state index is 12.9. The highest BCUT2D eigenvalue weighted by atomic mass is 16.7. The van der Waals surface area contributed by atoms with E-state index in [4.69, 9.17) is 9.47 Å². The zero-order valence-corrected chi connectivity index (χ0v) is 19.5. The molecule has 3 heterocycles. The Labute approximate surface area is 201 Å². The summed E-state index contributed by atoms with van der Waals surface area (Å²) < 4.78 is 12.9. The summed E-state index contributed by atoms with van der Waals surface area (Å²) in [5.74, 6) is 0.360.